The average Bonchev–Trinajstić information content (AvgIpc) is 3.01. The van der Waals surface area contributed by atoms with Gasteiger partial charge in [-0.05, 0) is 30.5 Å². The van der Waals surface area contributed by atoms with E-state index in [0.29, 0.717) is 21.6 Å². The Morgan fingerprint density at radius 1 is 1.29 bits per heavy atom. The lowest BCUT2D eigenvalue weighted by Gasteiger charge is -2.12. The maximum Gasteiger partial charge on any atom is 0.349 e. The number of carbonyl (C=O) groups is 1. The number of rotatable bonds is 3. The van der Waals surface area contributed by atoms with Crippen molar-refractivity contribution in [2.24, 2.45) is 0 Å². The van der Waals surface area contributed by atoms with Crippen molar-refractivity contribution in [2.45, 2.75) is 13.0 Å². The summed E-state index contributed by atoms with van der Waals surface area (Å²) in [5.74, 6) is -0.0862. The Labute approximate surface area is 124 Å². The van der Waals surface area contributed by atoms with Gasteiger partial charge >= 0.3 is 5.97 Å². The summed E-state index contributed by atoms with van der Waals surface area (Å²) in [6.07, 6.45) is -0.628. The molecule has 0 saturated heterocycles. The molecular formula is C15H12N2O3S. The Hall–Kier alpha value is -2.47. The van der Waals surface area contributed by atoms with E-state index >= 15 is 0 Å². The van der Waals surface area contributed by atoms with E-state index in [4.69, 9.17) is 4.74 Å². The number of hydrogen-bond acceptors (Lipinski definition) is 5. The van der Waals surface area contributed by atoms with Crippen LogP contribution in [0.5, 0.6) is 0 Å². The van der Waals surface area contributed by atoms with Crippen LogP contribution in [0.15, 0.2) is 46.6 Å². The first-order valence-corrected chi connectivity index (χ1v) is 7.26. The first-order chi connectivity index (χ1) is 10.1. The van der Waals surface area contributed by atoms with Crippen molar-refractivity contribution in [2.75, 3.05) is 0 Å². The molecule has 21 heavy (non-hydrogen) atoms. The molecule has 1 aromatic carbocycles. The van der Waals surface area contributed by atoms with Crippen molar-refractivity contribution in [1.29, 1.82) is 0 Å². The third kappa shape index (κ3) is 2.71. The van der Waals surface area contributed by atoms with Crippen molar-refractivity contribution in [1.82, 2.24) is 9.97 Å². The van der Waals surface area contributed by atoms with Gasteiger partial charge in [0.25, 0.3) is 5.56 Å². The van der Waals surface area contributed by atoms with Gasteiger partial charge in [0.2, 0.25) is 0 Å². The Morgan fingerprint density at radius 3 is 2.86 bits per heavy atom. The normalized spacial score (nSPS) is 12.2. The van der Waals surface area contributed by atoms with Gasteiger partial charge in [-0.15, -0.1) is 11.3 Å². The molecule has 1 N–H and O–H groups in total. The van der Waals surface area contributed by atoms with Crippen LogP contribution in [0.25, 0.3) is 10.9 Å². The van der Waals surface area contributed by atoms with Crippen LogP contribution in [0.1, 0.15) is 28.5 Å². The fraction of sp³-hybridized carbons (Fsp3) is 0.133. The number of nitrogens with one attached hydrogen (secondary N) is 1. The molecule has 0 aliphatic rings. The maximum atomic E-state index is 12.0. The summed E-state index contributed by atoms with van der Waals surface area (Å²) in [4.78, 5) is 31.4. The molecule has 1 atom stereocenters. The molecule has 0 amide bonds. The van der Waals surface area contributed by atoms with Crippen molar-refractivity contribution in [3.05, 3.63) is 62.8 Å². The number of H-pyrrole nitrogens is 1. The molecule has 0 saturated carbocycles. The van der Waals surface area contributed by atoms with E-state index in [0.717, 1.165) is 0 Å². The highest BCUT2D eigenvalue weighted by molar-refractivity contribution is 7.11. The van der Waals surface area contributed by atoms with E-state index in [1.54, 1.807) is 48.7 Å². The number of para-hydroxylation sites is 1. The van der Waals surface area contributed by atoms with E-state index in [1.807, 2.05) is 0 Å². The second kappa shape index (κ2) is 5.49. The maximum absolute atomic E-state index is 12.0. The molecule has 0 spiro atoms. The third-order valence-electron chi connectivity index (χ3n) is 3.02. The number of esters is 1. The van der Waals surface area contributed by atoms with Gasteiger partial charge in [0.1, 0.15) is 4.88 Å². The van der Waals surface area contributed by atoms with Crippen LogP contribution in [-0.4, -0.2) is 15.9 Å². The predicted octanol–water partition coefficient (Wildman–Crippen LogP) is 2.90. The second-order valence-corrected chi connectivity index (χ2v) is 5.44. The van der Waals surface area contributed by atoms with Gasteiger partial charge in [0.15, 0.2) is 11.9 Å². The van der Waals surface area contributed by atoms with Crippen LogP contribution < -0.4 is 5.56 Å². The highest BCUT2D eigenvalue weighted by Gasteiger charge is 2.17. The zero-order chi connectivity index (χ0) is 14.8. The Bertz CT molecular complexity index is 840. The number of aromatic nitrogens is 2. The molecule has 3 rings (SSSR count). The smallest absolute Gasteiger partial charge is 0.349 e. The lowest BCUT2D eigenvalue weighted by molar-refractivity contribution is 0.0326. The number of aromatic amines is 1. The predicted molar refractivity (Wildman–Crippen MR) is 80.5 cm³/mol. The lowest BCUT2D eigenvalue weighted by atomic mass is 10.2. The number of thiophene rings is 1. The topological polar surface area (TPSA) is 72.0 Å². The van der Waals surface area contributed by atoms with E-state index in [2.05, 4.69) is 9.97 Å². The van der Waals surface area contributed by atoms with Crippen molar-refractivity contribution < 1.29 is 9.53 Å². The zero-order valence-corrected chi connectivity index (χ0v) is 12.0. The SMILES string of the molecule is C[C@H](OC(=O)c1cccs1)c1nc2ccccc2c(=O)[nH]1. The minimum Gasteiger partial charge on any atom is -0.450 e. The molecule has 0 bridgehead atoms. The van der Waals surface area contributed by atoms with Crippen LogP contribution in [0.2, 0.25) is 0 Å². The van der Waals surface area contributed by atoms with Gasteiger partial charge in [-0.2, -0.15) is 0 Å². The summed E-state index contributed by atoms with van der Waals surface area (Å²) >= 11 is 1.31. The number of nitrogens with zero attached hydrogens (tertiary/aromatic N) is 1. The van der Waals surface area contributed by atoms with Gasteiger partial charge in [-0.25, -0.2) is 9.78 Å². The van der Waals surface area contributed by atoms with Crippen LogP contribution >= 0.6 is 11.3 Å². The van der Waals surface area contributed by atoms with Crippen molar-refractivity contribution >= 4 is 28.2 Å². The highest BCUT2D eigenvalue weighted by atomic mass is 32.1. The fourth-order valence-electron chi connectivity index (χ4n) is 1.97. The highest BCUT2D eigenvalue weighted by Crippen LogP contribution is 2.18. The molecule has 3 aromatic rings. The lowest BCUT2D eigenvalue weighted by Crippen LogP contribution is -2.17. The van der Waals surface area contributed by atoms with Crippen molar-refractivity contribution in [3.8, 4) is 0 Å². The summed E-state index contributed by atoms with van der Waals surface area (Å²) in [5, 5.41) is 2.32. The van der Waals surface area contributed by atoms with Gasteiger partial charge < -0.3 is 9.72 Å². The molecule has 5 nitrogen and oxygen atoms in total. The first kappa shape index (κ1) is 13.5. The fourth-order valence-corrected chi connectivity index (χ4v) is 2.57. The number of ether oxygens (including phenoxy) is 1. The quantitative estimate of drug-likeness (QED) is 0.755. The minimum absolute atomic E-state index is 0.241. The molecule has 0 unspecified atom stereocenters. The van der Waals surface area contributed by atoms with Crippen LogP contribution in [0.3, 0.4) is 0 Å². The van der Waals surface area contributed by atoms with Gasteiger partial charge in [0, 0.05) is 0 Å². The van der Waals surface area contributed by atoms with Crippen LogP contribution in [0, 0.1) is 0 Å². The number of benzene rings is 1. The summed E-state index contributed by atoms with van der Waals surface area (Å²) in [6, 6.07) is 10.5. The van der Waals surface area contributed by atoms with E-state index in [9.17, 15) is 9.59 Å². The number of carbonyl (C=O) groups excluding carboxylic acids is 1. The zero-order valence-electron chi connectivity index (χ0n) is 11.2. The van der Waals surface area contributed by atoms with E-state index < -0.39 is 12.1 Å². The summed E-state index contributed by atoms with van der Waals surface area (Å²) in [5.41, 5.74) is 0.338. The van der Waals surface area contributed by atoms with Crippen LogP contribution in [0.4, 0.5) is 0 Å². The minimum atomic E-state index is -0.628. The molecular weight excluding hydrogens is 288 g/mol. The standard InChI is InChI=1S/C15H12N2O3S/c1-9(20-15(19)12-7-4-8-21-12)13-16-11-6-3-2-5-10(11)14(18)17-13/h2-9H,1H3,(H,16,17,18)/t9-/m0/s1. The summed E-state index contributed by atoms with van der Waals surface area (Å²) < 4.78 is 5.32. The molecule has 106 valence electrons. The Kier molecular flexibility index (Phi) is 3.53. The largest absolute Gasteiger partial charge is 0.450 e. The summed E-state index contributed by atoms with van der Waals surface area (Å²) in [7, 11) is 0. The molecule has 0 aliphatic heterocycles. The second-order valence-electron chi connectivity index (χ2n) is 4.49. The molecule has 2 aromatic heterocycles. The first-order valence-electron chi connectivity index (χ1n) is 6.38. The van der Waals surface area contributed by atoms with Crippen LogP contribution in [-0.2, 0) is 4.74 Å². The average molecular weight is 300 g/mol. The van der Waals surface area contributed by atoms with Gasteiger partial charge in [0.05, 0.1) is 10.9 Å². The summed E-state index contributed by atoms with van der Waals surface area (Å²) in [6.45, 7) is 1.68. The molecule has 0 radical (unpaired) electrons. The van der Waals surface area contributed by atoms with Crippen molar-refractivity contribution in [3.63, 3.8) is 0 Å². The third-order valence-corrected chi connectivity index (χ3v) is 3.87. The number of fused-ring (bicyclic) bond motifs is 1. The molecule has 2 heterocycles. The Balaban J connectivity index is 1.89. The Morgan fingerprint density at radius 2 is 2.10 bits per heavy atom. The van der Waals surface area contributed by atoms with Gasteiger partial charge in [-0.1, -0.05) is 18.2 Å². The molecule has 0 fully saturated rings. The molecule has 6 heteroatoms. The number of hydrogen-bond donors (Lipinski definition) is 1. The van der Waals surface area contributed by atoms with E-state index in [1.165, 1.54) is 11.3 Å². The molecule has 0 aliphatic carbocycles. The van der Waals surface area contributed by atoms with E-state index in [-0.39, 0.29) is 5.56 Å². The van der Waals surface area contributed by atoms with Gasteiger partial charge in [-0.3, -0.25) is 4.79 Å². The monoisotopic (exact) mass is 300 g/mol.